The van der Waals surface area contributed by atoms with Crippen molar-refractivity contribution in [2.45, 2.75) is 65.8 Å². The first-order valence-corrected chi connectivity index (χ1v) is 10.00. The average Bonchev–Trinajstić information content (AvgIpc) is 3.33. The Morgan fingerprint density at radius 1 is 1.33 bits per heavy atom. The summed E-state index contributed by atoms with van der Waals surface area (Å²) < 4.78 is 3.28. The lowest BCUT2D eigenvalue weighted by Crippen LogP contribution is -2.49. The van der Waals surface area contributed by atoms with Crippen molar-refractivity contribution in [2.24, 2.45) is 5.41 Å². The van der Waals surface area contributed by atoms with Gasteiger partial charge in [-0.3, -0.25) is 9.59 Å². The Labute approximate surface area is 175 Å². The minimum atomic E-state index is -0.735. The molecule has 0 saturated carbocycles. The summed E-state index contributed by atoms with van der Waals surface area (Å²) in [5, 5.41) is 25.4. The molecule has 3 atom stereocenters. The lowest BCUT2D eigenvalue weighted by Gasteiger charge is -2.34. The number of nitrogens with one attached hydrogen (secondary N) is 1. The van der Waals surface area contributed by atoms with Gasteiger partial charge in [-0.05, 0) is 19.3 Å². The van der Waals surface area contributed by atoms with Crippen molar-refractivity contribution < 1.29 is 14.7 Å². The van der Waals surface area contributed by atoms with Crippen LogP contribution in [0.1, 0.15) is 50.6 Å². The molecule has 0 aromatic carbocycles. The summed E-state index contributed by atoms with van der Waals surface area (Å²) in [4.78, 5) is 31.5. The lowest BCUT2D eigenvalue weighted by atomic mass is 9.85. The summed E-state index contributed by atoms with van der Waals surface area (Å²) >= 11 is 0. The van der Waals surface area contributed by atoms with Crippen molar-refractivity contribution in [3.8, 4) is 0 Å². The van der Waals surface area contributed by atoms with Crippen LogP contribution in [0, 0.1) is 19.3 Å². The molecule has 2 amide bonds. The van der Waals surface area contributed by atoms with Gasteiger partial charge in [0.15, 0.2) is 0 Å². The van der Waals surface area contributed by atoms with Crippen molar-refractivity contribution in [2.75, 3.05) is 13.6 Å². The molecule has 11 heteroatoms. The number of nitrogens with zero attached hydrogens (tertiary/aromatic N) is 7. The Kier molecular flexibility index (Phi) is 5.93. The second-order valence-corrected chi connectivity index (χ2v) is 8.83. The molecule has 2 N–H and O–H groups in total. The average molecular weight is 419 g/mol. The minimum absolute atomic E-state index is 0.114. The van der Waals surface area contributed by atoms with Gasteiger partial charge < -0.3 is 15.3 Å². The number of likely N-dealkylation sites (N-methyl/N-ethyl adjacent to an activating group) is 1. The number of rotatable bonds is 5. The molecule has 1 aliphatic rings. The fourth-order valence-electron chi connectivity index (χ4n) is 3.89. The number of carbonyl (C=O) groups excluding carboxylic acids is 2. The minimum Gasteiger partial charge on any atom is -0.391 e. The summed E-state index contributed by atoms with van der Waals surface area (Å²) in [7, 11) is 1.52. The van der Waals surface area contributed by atoms with Crippen molar-refractivity contribution in [1.29, 1.82) is 0 Å². The molecule has 0 unspecified atom stereocenters. The molecule has 2 aromatic rings. The van der Waals surface area contributed by atoms with Crippen molar-refractivity contribution in [3.05, 3.63) is 23.5 Å². The van der Waals surface area contributed by atoms with Gasteiger partial charge in [-0.25, -0.2) is 14.3 Å². The van der Waals surface area contributed by atoms with E-state index >= 15 is 0 Å². The summed E-state index contributed by atoms with van der Waals surface area (Å²) in [6, 6.07) is -1.39. The van der Waals surface area contributed by atoms with Gasteiger partial charge >= 0.3 is 0 Å². The first kappa shape index (κ1) is 21.9. The van der Waals surface area contributed by atoms with Crippen LogP contribution in [-0.2, 0) is 16.1 Å². The van der Waals surface area contributed by atoms with Gasteiger partial charge in [0.1, 0.15) is 29.4 Å². The summed E-state index contributed by atoms with van der Waals surface area (Å²) in [6.07, 6.45) is 1.21. The van der Waals surface area contributed by atoms with Gasteiger partial charge in [-0.2, -0.15) is 5.10 Å². The molecule has 1 fully saturated rings. The molecule has 30 heavy (non-hydrogen) atoms. The summed E-state index contributed by atoms with van der Waals surface area (Å²) in [5.41, 5.74) is 0.150. The highest BCUT2D eigenvalue weighted by atomic mass is 16.3. The first-order valence-electron chi connectivity index (χ1n) is 10.00. The van der Waals surface area contributed by atoms with E-state index < -0.39 is 23.6 Å². The number of aliphatic hydroxyl groups excluding tert-OH is 1. The van der Waals surface area contributed by atoms with Crippen LogP contribution < -0.4 is 5.32 Å². The van der Waals surface area contributed by atoms with Crippen LogP contribution >= 0.6 is 0 Å². The van der Waals surface area contributed by atoms with Crippen molar-refractivity contribution in [1.82, 2.24) is 40.0 Å². The summed E-state index contributed by atoms with van der Waals surface area (Å²) in [5.74, 6) is 0.890. The van der Waals surface area contributed by atoms with E-state index in [-0.39, 0.29) is 24.8 Å². The molecular weight excluding hydrogens is 388 g/mol. The topological polar surface area (TPSA) is 131 Å². The molecule has 164 valence electrons. The molecule has 3 rings (SSSR count). The number of amides is 2. The van der Waals surface area contributed by atoms with E-state index in [1.54, 1.807) is 15.6 Å². The Morgan fingerprint density at radius 3 is 2.60 bits per heavy atom. The largest absolute Gasteiger partial charge is 0.391 e. The second-order valence-electron chi connectivity index (χ2n) is 8.83. The van der Waals surface area contributed by atoms with Crippen LogP contribution in [0.4, 0.5) is 0 Å². The van der Waals surface area contributed by atoms with E-state index in [1.807, 2.05) is 34.6 Å². The highest BCUT2D eigenvalue weighted by molar-refractivity contribution is 5.90. The smallest absolute Gasteiger partial charge is 0.248 e. The number of carbonyl (C=O) groups is 2. The molecule has 0 radical (unpaired) electrons. The number of hydrogen-bond donors (Lipinski definition) is 2. The van der Waals surface area contributed by atoms with E-state index in [4.69, 9.17) is 0 Å². The van der Waals surface area contributed by atoms with Crippen molar-refractivity contribution in [3.63, 3.8) is 0 Å². The van der Waals surface area contributed by atoms with Gasteiger partial charge in [0.2, 0.25) is 11.8 Å². The quantitative estimate of drug-likeness (QED) is 0.689. The van der Waals surface area contributed by atoms with Crippen LogP contribution in [0.2, 0.25) is 0 Å². The van der Waals surface area contributed by atoms with Gasteiger partial charge in [-0.15, -0.1) is 5.10 Å². The molecular formula is C19H30N8O3. The van der Waals surface area contributed by atoms with E-state index in [0.29, 0.717) is 18.1 Å². The Hall–Kier alpha value is -2.82. The Balaban J connectivity index is 1.88. The monoisotopic (exact) mass is 418 g/mol. The normalized spacial score (nSPS) is 20.4. The molecule has 1 saturated heterocycles. The standard InChI is InChI=1S/C19H30N8O3/c1-11-21-12(2)26(23-11)8-13-9-27(24-22-13)16(19(3,4)5)18(30)25-10-14(28)7-15(25)17(29)20-6/h9,14-16,28H,7-8,10H2,1-6H3,(H,20,29)/t14-,15+,16-/m1/s1. The number of aliphatic hydroxyl groups is 1. The third kappa shape index (κ3) is 4.35. The van der Waals surface area contributed by atoms with E-state index in [0.717, 1.165) is 5.82 Å². The Morgan fingerprint density at radius 2 is 2.03 bits per heavy atom. The van der Waals surface area contributed by atoms with Gasteiger partial charge in [0.25, 0.3) is 0 Å². The molecule has 2 aromatic heterocycles. The van der Waals surface area contributed by atoms with E-state index in [2.05, 4.69) is 25.7 Å². The molecule has 1 aliphatic heterocycles. The van der Waals surface area contributed by atoms with Gasteiger partial charge in [0, 0.05) is 20.0 Å². The summed E-state index contributed by atoms with van der Waals surface area (Å²) in [6.45, 7) is 9.99. The van der Waals surface area contributed by atoms with Crippen LogP contribution in [0.5, 0.6) is 0 Å². The zero-order valence-electron chi connectivity index (χ0n) is 18.3. The number of β-amino-alcohol motifs (C(OH)–C–C–N with tert-alkyl or cyclic N) is 1. The maximum atomic E-state index is 13.5. The van der Waals surface area contributed by atoms with Crippen LogP contribution in [0.3, 0.4) is 0 Å². The molecule has 11 nitrogen and oxygen atoms in total. The zero-order valence-corrected chi connectivity index (χ0v) is 18.3. The molecule has 0 spiro atoms. The number of hydrogen-bond acceptors (Lipinski definition) is 7. The number of aryl methyl sites for hydroxylation is 2. The third-order valence-corrected chi connectivity index (χ3v) is 5.26. The van der Waals surface area contributed by atoms with Crippen LogP contribution in [0.15, 0.2) is 6.20 Å². The fourth-order valence-corrected chi connectivity index (χ4v) is 3.89. The van der Waals surface area contributed by atoms with Crippen LogP contribution in [-0.4, -0.2) is 77.3 Å². The highest BCUT2D eigenvalue weighted by Crippen LogP contribution is 2.34. The third-order valence-electron chi connectivity index (χ3n) is 5.26. The van der Waals surface area contributed by atoms with Crippen LogP contribution in [0.25, 0.3) is 0 Å². The lowest BCUT2D eigenvalue weighted by molar-refractivity contribution is -0.144. The van der Waals surface area contributed by atoms with E-state index in [1.165, 1.54) is 11.9 Å². The molecule has 3 heterocycles. The van der Waals surface area contributed by atoms with Gasteiger partial charge in [-0.1, -0.05) is 26.0 Å². The maximum absolute atomic E-state index is 13.5. The fraction of sp³-hybridized carbons (Fsp3) is 0.684. The van der Waals surface area contributed by atoms with Crippen molar-refractivity contribution >= 4 is 11.8 Å². The number of aromatic nitrogens is 6. The molecule has 0 bridgehead atoms. The number of likely N-dealkylation sites (tertiary alicyclic amines) is 1. The zero-order chi connectivity index (χ0) is 22.2. The first-order chi connectivity index (χ1) is 14.0. The highest BCUT2D eigenvalue weighted by Gasteiger charge is 2.45. The van der Waals surface area contributed by atoms with E-state index in [9.17, 15) is 14.7 Å². The Bertz CT molecular complexity index is 929. The predicted octanol–water partition coefficient (Wildman–Crippen LogP) is -0.170. The molecule has 0 aliphatic carbocycles. The second kappa shape index (κ2) is 8.13. The van der Waals surface area contributed by atoms with Gasteiger partial charge in [0.05, 0.1) is 18.8 Å². The SMILES string of the molecule is CNC(=O)[C@@H]1C[C@@H](O)CN1C(=O)[C@@H](n1cc(Cn2nc(C)nc2C)nn1)C(C)(C)C. The maximum Gasteiger partial charge on any atom is 0.248 e. The predicted molar refractivity (Wildman–Crippen MR) is 107 cm³/mol.